The Labute approximate surface area is 175 Å². The van der Waals surface area contributed by atoms with Crippen LogP contribution in [0.15, 0.2) is 42.5 Å². The fraction of sp³-hybridized carbons (Fsp3) is 0.304. The van der Waals surface area contributed by atoms with Gasteiger partial charge < -0.3 is 24.7 Å². The molecule has 1 aliphatic rings. The van der Waals surface area contributed by atoms with E-state index < -0.39 is 0 Å². The van der Waals surface area contributed by atoms with Crippen LogP contribution in [-0.2, 0) is 17.8 Å². The maximum atomic E-state index is 12.8. The smallest absolute Gasteiger partial charge is 0.268 e. The summed E-state index contributed by atoms with van der Waals surface area (Å²) < 4.78 is 12.8. The lowest BCUT2D eigenvalue weighted by Crippen LogP contribution is -2.34. The Hall–Kier alpha value is -3.48. The lowest BCUT2D eigenvalue weighted by molar-refractivity contribution is -0.116. The molecule has 0 bridgehead atoms. The number of rotatable bonds is 6. The van der Waals surface area contributed by atoms with E-state index in [1.165, 1.54) is 0 Å². The number of hydrogen-bond donors (Lipinski definition) is 2. The first kappa shape index (κ1) is 19.8. The number of ether oxygens (including phenoxy) is 2. The van der Waals surface area contributed by atoms with Crippen molar-refractivity contribution in [1.29, 1.82) is 0 Å². The Morgan fingerprint density at radius 2 is 1.90 bits per heavy atom. The van der Waals surface area contributed by atoms with Crippen molar-refractivity contribution in [3.05, 3.63) is 53.7 Å². The summed E-state index contributed by atoms with van der Waals surface area (Å²) in [5.41, 5.74) is 3.01. The van der Waals surface area contributed by atoms with E-state index in [2.05, 4.69) is 10.6 Å². The Kier molecular flexibility index (Phi) is 5.35. The second-order valence-electron chi connectivity index (χ2n) is 7.54. The highest BCUT2D eigenvalue weighted by Crippen LogP contribution is 2.31. The Balaban J connectivity index is 1.61. The molecule has 1 aliphatic heterocycles. The topological polar surface area (TPSA) is 81.6 Å². The summed E-state index contributed by atoms with van der Waals surface area (Å²) in [5, 5.41) is 6.72. The highest BCUT2D eigenvalue weighted by molar-refractivity contribution is 6.04. The molecule has 0 saturated carbocycles. The van der Waals surface area contributed by atoms with E-state index >= 15 is 0 Å². The van der Waals surface area contributed by atoms with E-state index in [9.17, 15) is 9.59 Å². The standard InChI is InChI=1S/C23H25N3O4/c1-14(2)30-16-6-4-15(5-7-16)25-21(27)13-26-20-9-8-17(29-3)12-19(20)18-10-11-24-23(28)22(18)26/h4-9,12,14H,10-11,13H2,1-3H3,(H,24,28)(H,25,27). The summed E-state index contributed by atoms with van der Waals surface area (Å²) >= 11 is 0. The summed E-state index contributed by atoms with van der Waals surface area (Å²) in [5.74, 6) is 1.11. The molecule has 2 heterocycles. The number of methoxy groups -OCH3 is 1. The first-order chi connectivity index (χ1) is 14.5. The van der Waals surface area contributed by atoms with Gasteiger partial charge in [0.05, 0.1) is 13.2 Å². The minimum Gasteiger partial charge on any atom is -0.497 e. The molecule has 0 fully saturated rings. The molecule has 30 heavy (non-hydrogen) atoms. The Morgan fingerprint density at radius 1 is 1.17 bits per heavy atom. The number of amides is 2. The van der Waals surface area contributed by atoms with Crippen LogP contribution in [-0.4, -0.2) is 36.1 Å². The van der Waals surface area contributed by atoms with Gasteiger partial charge in [-0.3, -0.25) is 9.59 Å². The zero-order valence-electron chi connectivity index (χ0n) is 17.3. The lowest BCUT2D eigenvalue weighted by atomic mass is 10.0. The van der Waals surface area contributed by atoms with Gasteiger partial charge in [0.15, 0.2) is 0 Å². The van der Waals surface area contributed by atoms with E-state index in [-0.39, 0.29) is 24.5 Å². The number of benzene rings is 2. The highest BCUT2D eigenvalue weighted by Gasteiger charge is 2.27. The van der Waals surface area contributed by atoms with Gasteiger partial charge in [-0.2, -0.15) is 0 Å². The van der Waals surface area contributed by atoms with Gasteiger partial charge in [0, 0.05) is 23.1 Å². The predicted molar refractivity (Wildman–Crippen MR) is 115 cm³/mol. The maximum absolute atomic E-state index is 12.8. The number of anilines is 1. The summed E-state index contributed by atoms with van der Waals surface area (Å²) in [4.78, 5) is 25.4. The fourth-order valence-electron chi connectivity index (χ4n) is 3.82. The number of carbonyl (C=O) groups is 2. The highest BCUT2D eigenvalue weighted by atomic mass is 16.5. The van der Waals surface area contributed by atoms with Crippen molar-refractivity contribution < 1.29 is 19.1 Å². The van der Waals surface area contributed by atoms with Crippen LogP contribution in [0.25, 0.3) is 10.9 Å². The zero-order valence-corrected chi connectivity index (χ0v) is 17.3. The largest absolute Gasteiger partial charge is 0.497 e. The Bertz CT molecular complexity index is 1100. The van der Waals surface area contributed by atoms with Crippen LogP contribution in [0.1, 0.15) is 29.9 Å². The second-order valence-corrected chi connectivity index (χ2v) is 7.54. The van der Waals surface area contributed by atoms with Crippen LogP contribution in [0.5, 0.6) is 11.5 Å². The first-order valence-corrected chi connectivity index (χ1v) is 10.00. The van der Waals surface area contributed by atoms with Crippen LogP contribution in [0.2, 0.25) is 0 Å². The third-order valence-corrected chi connectivity index (χ3v) is 5.06. The van der Waals surface area contributed by atoms with Crippen LogP contribution < -0.4 is 20.1 Å². The zero-order chi connectivity index (χ0) is 21.3. The summed E-state index contributed by atoms with van der Waals surface area (Å²) in [6, 6.07) is 12.9. The average molecular weight is 407 g/mol. The van der Waals surface area contributed by atoms with Gasteiger partial charge in [-0.05, 0) is 68.3 Å². The SMILES string of the molecule is COc1ccc2c(c1)c1c(n2CC(=O)Nc2ccc(OC(C)C)cc2)C(=O)NCC1. The molecule has 2 N–H and O–H groups in total. The molecule has 0 unspecified atom stereocenters. The molecule has 0 atom stereocenters. The predicted octanol–water partition coefficient (Wildman–Crippen LogP) is 3.36. The molecular weight excluding hydrogens is 382 g/mol. The number of nitrogens with one attached hydrogen (secondary N) is 2. The quantitative estimate of drug-likeness (QED) is 0.657. The van der Waals surface area contributed by atoms with Crippen molar-refractivity contribution in [3.8, 4) is 11.5 Å². The van der Waals surface area contributed by atoms with Crippen LogP contribution in [0.4, 0.5) is 5.69 Å². The fourth-order valence-corrected chi connectivity index (χ4v) is 3.82. The Morgan fingerprint density at radius 3 is 2.60 bits per heavy atom. The number of aromatic nitrogens is 1. The van der Waals surface area contributed by atoms with Gasteiger partial charge >= 0.3 is 0 Å². The normalized spacial score (nSPS) is 13.1. The molecule has 7 nitrogen and oxygen atoms in total. The van der Waals surface area contributed by atoms with Crippen molar-refractivity contribution in [3.63, 3.8) is 0 Å². The molecule has 3 aromatic rings. The number of hydrogen-bond acceptors (Lipinski definition) is 4. The first-order valence-electron chi connectivity index (χ1n) is 10.00. The maximum Gasteiger partial charge on any atom is 0.268 e. The summed E-state index contributed by atoms with van der Waals surface area (Å²) in [6.07, 6.45) is 0.805. The monoisotopic (exact) mass is 407 g/mol. The van der Waals surface area contributed by atoms with Gasteiger partial charge in [-0.15, -0.1) is 0 Å². The van der Waals surface area contributed by atoms with E-state index in [0.717, 1.165) is 34.4 Å². The molecule has 4 rings (SSSR count). The summed E-state index contributed by atoms with van der Waals surface area (Å²) in [7, 11) is 1.61. The molecule has 0 saturated heterocycles. The van der Waals surface area contributed by atoms with Gasteiger partial charge in [-0.1, -0.05) is 0 Å². The molecule has 0 spiro atoms. The minimum atomic E-state index is -0.207. The van der Waals surface area contributed by atoms with Gasteiger partial charge in [-0.25, -0.2) is 0 Å². The molecular formula is C23H25N3O4. The average Bonchev–Trinajstić information content (AvgIpc) is 3.03. The molecule has 0 radical (unpaired) electrons. The van der Waals surface area contributed by atoms with Crippen molar-refractivity contribution in [2.45, 2.75) is 32.9 Å². The van der Waals surface area contributed by atoms with Crippen LogP contribution in [0, 0.1) is 0 Å². The van der Waals surface area contributed by atoms with Crippen molar-refractivity contribution >= 4 is 28.4 Å². The number of carbonyl (C=O) groups excluding carboxylic acids is 2. The van der Waals surface area contributed by atoms with Crippen LogP contribution >= 0.6 is 0 Å². The summed E-state index contributed by atoms with van der Waals surface area (Å²) in [6.45, 7) is 4.54. The van der Waals surface area contributed by atoms with Gasteiger partial charge in [0.2, 0.25) is 5.91 Å². The third-order valence-electron chi connectivity index (χ3n) is 5.06. The second kappa shape index (κ2) is 8.10. The lowest BCUT2D eigenvalue weighted by Gasteiger charge is -2.16. The minimum absolute atomic E-state index is 0.0375. The van der Waals surface area contributed by atoms with Gasteiger partial charge in [0.1, 0.15) is 23.7 Å². The van der Waals surface area contributed by atoms with Crippen molar-refractivity contribution in [2.24, 2.45) is 0 Å². The third kappa shape index (κ3) is 3.83. The number of nitrogens with zero attached hydrogens (tertiary/aromatic N) is 1. The van der Waals surface area contributed by atoms with Crippen molar-refractivity contribution in [2.75, 3.05) is 19.0 Å². The molecule has 156 valence electrons. The van der Waals surface area contributed by atoms with E-state index in [0.29, 0.717) is 17.9 Å². The van der Waals surface area contributed by atoms with E-state index in [4.69, 9.17) is 9.47 Å². The van der Waals surface area contributed by atoms with Crippen molar-refractivity contribution in [1.82, 2.24) is 9.88 Å². The van der Waals surface area contributed by atoms with Crippen LogP contribution in [0.3, 0.4) is 0 Å². The van der Waals surface area contributed by atoms with Gasteiger partial charge in [0.25, 0.3) is 5.91 Å². The molecule has 0 aliphatic carbocycles. The molecule has 2 aromatic carbocycles. The molecule has 7 heteroatoms. The van der Waals surface area contributed by atoms with E-state index in [1.54, 1.807) is 23.8 Å². The molecule has 1 aromatic heterocycles. The number of fused-ring (bicyclic) bond motifs is 3. The van der Waals surface area contributed by atoms with E-state index in [1.807, 2.05) is 44.2 Å². The molecule has 2 amide bonds.